The Morgan fingerprint density at radius 3 is 2.96 bits per heavy atom. The Bertz CT molecular complexity index is 887. The second kappa shape index (κ2) is 9.06. The van der Waals surface area contributed by atoms with E-state index in [0.717, 1.165) is 22.5 Å². The number of aromatic nitrogens is 2. The fourth-order valence-corrected chi connectivity index (χ4v) is 5.36. The van der Waals surface area contributed by atoms with Crippen LogP contribution < -0.4 is 10.9 Å². The molecule has 2 heterocycles. The van der Waals surface area contributed by atoms with Crippen molar-refractivity contribution in [3.63, 3.8) is 0 Å². The normalized spacial score (nSPS) is 19.9. The third-order valence-corrected chi connectivity index (χ3v) is 7.27. The van der Waals surface area contributed by atoms with Crippen molar-refractivity contribution < 1.29 is 4.79 Å². The zero-order valence-corrected chi connectivity index (χ0v) is 17.6. The summed E-state index contributed by atoms with van der Waals surface area (Å²) in [5.74, 6) is 0.808. The van der Waals surface area contributed by atoms with Gasteiger partial charge in [0.15, 0.2) is 5.16 Å². The Kier molecular flexibility index (Phi) is 6.76. The molecule has 146 valence electrons. The van der Waals surface area contributed by atoms with Gasteiger partial charge in [-0.3, -0.25) is 14.2 Å². The summed E-state index contributed by atoms with van der Waals surface area (Å²) < 4.78 is 1.61. The van der Waals surface area contributed by atoms with Crippen LogP contribution in [0, 0.1) is 5.92 Å². The van der Waals surface area contributed by atoms with Crippen LogP contribution in [-0.4, -0.2) is 27.3 Å². The molecule has 1 fully saturated rings. The highest BCUT2D eigenvalue weighted by Gasteiger charge is 2.23. The monoisotopic (exact) mass is 405 g/mol. The number of allylic oxidation sites excluding steroid dienone is 1. The van der Waals surface area contributed by atoms with Crippen molar-refractivity contribution in [1.29, 1.82) is 0 Å². The number of thiophene rings is 1. The van der Waals surface area contributed by atoms with Crippen LogP contribution in [0.3, 0.4) is 0 Å². The Morgan fingerprint density at radius 1 is 1.48 bits per heavy atom. The average molecular weight is 406 g/mol. The van der Waals surface area contributed by atoms with Gasteiger partial charge in [-0.05, 0) is 31.2 Å². The molecule has 0 saturated heterocycles. The number of carbonyl (C=O) groups excluding carboxylic acids is 1. The van der Waals surface area contributed by atoms with Crippen molar-refractivity contribution in [1.82, 2.24) is 14.9 Å². The summed E-state index contributed by atoms with van der Waals surface area (Å²) in [7, 11) is 0. The van der Waals surface area contributed by atoms with Gasteiger partial charge in [0.05, 0.1) is 11.1 Å². The zero-order chi connectivity index (χ0) is 19.4. The minimum atomic E-state index is -0.0559. The number of hydrogen-bond acceptors (Lipinski definition) is 5. The maximum atomic E-state index is 12.8. The van der Waals surface area contributed by atoms with Crippen molar-refractivity contribution in [2.45, 2.75) is 63.7 Å². The fourth-order valence-electron chi connectivity index (χ4n) is 3.53. The molecule has 1 N–H and O–H groups in total. The predicted molar refractivity (Wildman–Crippen MR) is 114 cm³/mol. The summed E-state index contributed by atoms with van der Waals surface area (Å²) >= 11 is 2.88. The Hall–Kier alpha value is -1.60. The van der Waals surface area contributed by atoms with Gasteiger partial charge in [0.1, 0.15) is 4.83 Å². The molecule has 1 amide bonds. The van der Waals surface area contributed by atoms with E-state index in [4.69, 9.17) is 0 Å². The molecule has 2 aromatic rings. The van der Waals surface area contributed by atoms with E-state index in [1.807, 2.05) is 6.07 Å². The number of nitrogens with zero attached hydrogens (tertiary/aromatic N) is 2. The Balaban J connectivity index is 1.76. The van der Waals surface area contributed by atoms with Crippen LogP contribution in [-0.2, 0) is 17.8 Å². The van der Waals surface area contributed by atoms with Crippen LogP contribution >= 0.6 is 23.1 Å². The molecular formula is C20H27N3O2S2. The number of thioether (sulfide) groups is 1. The molecule has 2 atom stereocenters. The lowest BCUT2D eigenvalue weighted by molar-refractivity contribution is -0.119. The van der Waals surface area contributed by atoms with Crippen molar-refractivity contribution >= 4 is 39.2 Å². The van der Waals surface area contributed by atoms with Gasteiger partial charge in [0, 0.05) is 17.5 Å². The van der Waals surface area contributed by atoms with Gasteiger partial charge in [0.2, 0.25) is 5.91 Å². The molecular weight excluding hydrogens is 378 g/mol. The first kappa shape index (κ1) is 20.1. The van der Waals surface area contributed by atoms with E-state index in [9.17, 15) is 9.59 Å². The molecule has 1 aliphatic rings. The fraction of sp³-hybridized carbons (Fsp3) is 0.550. The van der Waals surface area contributed by atoms with Gasteiger partial charge in [-0.2, -0.15) is 0 Å². The van der Waals surface area contributed by atoms with Crippen molar-refractivity contribution in [3.05, 3.63) is 34.0 Å². The summed E-state index contributed by atoms with van der Waals surface area (Å²) in [6.45, 7) is 8.41. The smallest absolute Gasteiger partial charge is 0.263 e. The first-order chi connectivity index (χ1) is 13.0. The number of hydrogen-bond donors (Lipinski definition) is 1. The first-order valence-corrected chi connectivity index (χ1v) is 11.4. The highest BCUT2D eigenvalue weighted by Crippen LogP contribution is 2.26. The zero-order valence-electron chi connectivity index (χ0n) is 16.0. The van der Waals surface area contributed by atoms with E-state index < -0.39 is 0 Å². The number of carbonyl (C=O) groups is 1. The largest absolute Gasteiger partial charge is 0.352 e. The Morgan fingerprint density at radius 2 is 2.26 bits per heavy atom. The second-order valence-electron chi connectivity index (χ2n) is 7.11. The van der Waals surface area contributed by atoms with Crippen molar-refractivity contribution in [2.75, 3.05) is 5.75 Å². The van der Waals surface area contributed by atoms with E-state index >= 15 is 0 Å². The maximum Gasteiger partial charge on any atom is 0.263 e. The summed E-state index contributed by atoms with van der Waals surface area (Å²) in [4.78, 5) is 31.8. The van der Waals surface area contributed by atoms with Gasteiger partial charge in [-0.25, -0.2) is 4.98 Å². The van der Waals surface area contributed by atoms with Gasteiger partial charge in [-0.1, -0.05) is 44.5 Å². The van der Waals surface area contributed by atoms with E-state index in [1.54, 1.807) is 22.0 Å². The lowest BCUT2D eigenvalue weighted by Gasteiger charge is -2.29. The third kappa shape index (κ3) is 4.63. The minimum absolute atomic E-state index is 0.0127. The van der Waals surface area contributed by atoms with E-state index in [1.165, 1.54) is 31.0 Å². The summed E-state index contributed by atoms with van der Waals surface area (Å²) in [5.41, 5.74) is -0.0559. The summed E-state index contributed by atoms with van der Waals surface area (Å²) in [6.07, 6.45) is 7.23. The molecule has 0 aliphatic heterocycles. The molecule has 0 unspecified atom stereocenters. The van der Waals surface area contributed by atoms with Crippen LogP contribution in [0.5, 0.6) is 0 Å². The van der Waals surface area contributed by atoms with Crippen molar-refractivity contribution in [2.24, 2.45) is 5.92 Å². The lowest BCUT2D eigenvalue weighted by Crippen LogP contribution is -2.41. The molecule has 0 bridgehead atoms. The molecule has 5 nitrogen and oxygen atoms in total. The number of amides is 1. The SMILES string of the molecule is C=CCn1c(SCC(=O)N[C@@H]2CCCC[C@@H]2C)nc2sc(CC)cc2c1=O. The van der Waals surface area contributed by atoms with Crippen LogP contribution in [0.2, 0.25) is 0 Å². The molecule has 7 heteroatoms. The lowest BCUT2D eigenvalue weighted by atomic mass is 9.86. The van der Waals surface area contributed by atoms with Gasteiger partial charge < -0.3 is 5.32 Å². The van der Waals surface area contributed by atoms with Crippen LogP contribution in [0.1, 0.15) is 44.4 Å². The third-order valence-electron chi connectivity index (χ3n) is 5.12. The molecule has 0 radical (unpaired) electrons. The topological polar surface area (TPSA) is 64.0 Å². The second-order valence-corrected chi connectivity index (χ2v) is 9.17. The van der Waals surface area contributed by atoms with Gasteiger partial charge in [0.25, 0.3) is 5.56 Å². The molecule has 3 rings (SSSR count). The molecule has 0 spiro atoms. The average Bonchev–Trinajstić information content (AvgIpc) is 3.08. The summed E-state index contributed by atoms with van der Waals surface area (Å²) in [5, 5.41) is 4.41. The quantitative estimate of drug-likeness (QED) is 0.430. The maximum absolute atomic E-state index is 12.8. The first-order valence-electron chi connectivity index (χ1n) is 9.59. The van der Waals surface area contributed by atoms with Gasteiger partial charge >= 0.3 is 0 Å². The van der Waals surface area contributed by atoms with Crippen LogP contribution in [0.4, 0.5) is 0 Å². The van der Waals surface area contributed by atoms with E-state index in [2.05, 4.69) is 30.7 Å². The van der Waals surface area contributed by atoms with Gasteiger partial charge in [-0.15, -0.1) is 17.9 Å². The standard InChI is InChI=1S/C20H27N3O2S2/c1-4-10-23-19(25)15-11-14(5-2)27-18(15)22-20(23)26-12-17(24)21-16-9-7-6-8-13(16)3/h4,11,13,16H,1,5-10,12H2,2-3H3,(H,21,24)/t13-,16+/m0/s1. The predicted octanol–water partition coefficient (Wildman–Crippen LogP) is 3.99. The van der Waals surface area contributed by atoms with Crippen molar-refractivity contribution in [3.8, 4) is 0 Å². The number of nitrogens with one attached hydrogen (secondary N) is 1. The van der Waals surface area contributed by atoms with E-state index in [0.29, 0.717) is 23.0 Å². The molecule has 0 aromatic carbocycles. The van der Waals surface area contributed by atoms with Crippen LogP contribution in [0.15, 0.2) is 28.7 Å². The highest BCUT2D eigenvalue weighted by molar-refractivity contribution is 7.99. The minimum Gasteiger partial charge on any atom is -0.352 e. The number of rotatable bonds is 7. The van der Waals surface area contributed by atoms with E-state index in [-0.39, 0.29) is 23.3 Å². The Labute approximate surface area is 168 Å². The molecule has 2 aromatic heterocycles. The number of aryl methyl sites for hydroxylation is 1. The van der Waals surface area contributed by atoms with Crippen LogP contribution in [0.25, 0.3) is 10.2 Å². The highest BCUT2D eigenvalue weighted by atomic mass is 32.2. The number of fused-ring (bicyclic) bond motifs is 1. The molecule has 1 aliphatic carbocycles. The molecule has 1 saturated carbocycles. The summed E-state index contributed by atoms with van der Waals surface area (Å²) in [6, 6.07) is 2.20. The molecule has 27 heavy (non-hydrogen) atoms.